The van der Waals surface area contributed by atoms with Gasteiger partial charge < -0.3 is 24.1 Å². The van der Waals surface area contributed by atoms with Crippen LogP contribution in [0.25, 0.3) is 10.7 Å². The summed E-state index contributed by atoms with van der Waals surface area (Å²) in [6.07, 6.45) is -0.477. The molecule has 2 aliphatic rings. The molecular formula is C25H21Cl2FN4O5S2. The Morgan fingerprint density at radius 3 is 2.64 bits per heavy atom. The molecule has 6 rings (SSSR count). The summed E-state index contributed by atoms with van der Waals surface area (Å²) < 4.78 is 40.7. The van der Waals surface area contributed by atoms with Crippen LogP contribution in [0, 0.1) is 5.82 Å². The van der Waals surface area contributed by atoms with Crippen molar-refractivity contribution in [3.63, 3.8) is 0 Å². The third-order valence-corrected chi connectivity index (χ3v) is 8.91. The predicted molar refractivity (Wildman–Crippen MR) is 144 cm³/mol. The minimum absolute atomic E-state index is 0.0861. The van der Waals surface area contributed by atoms with E-state index in [1.807, 2.05) is 30.3 Å². The summed E-state index contributed by atoms with van der Waals surface area (Å²) in [6.45, 7) is 0.251. The number of thiazole rings is 1. The number of rotatable bonds is 6. The van der Waals surface area contributed by atoms with E-state index in [4.69, 9.17) is 42.1 Å². The van der Waals surface area contributed by atoms with E-state index in [9.17, 15) is 9.50 Å². The van der Waals surface area contributed by atoms with Gasteiger partial charge in [0.25, 0.3) is 0 Å². The van der Waals surface area contributed by atoms with E-state index >= 15 is 0 Å². The molecule has 0 radical (unpaired) electrons. The van der Waals surface area contributed by atoms with Crippen LogP contribution >= 0.6 is 46.3 Å². The lowest BCUT2D eigenvalue weighted by Gasteiger charge is -2.48. The smallest absolute Gasteiger partial charge is 0.222 e. The number of aromatic nitrogens is 4. The van der Waals surface area contributed by atoms with E-state index in [1.165, 1.54) is 40.6 Å². The fourth-order valence-electron chi connectivity index (χ4n) is 4.63. The summed E-state index contributed by atoms with van der Waals surface area (Å²) >= 11 is 14.6. The fraction of sp³-hybridized carbons (Fsp3) is 0.320. The van der Waals surface area contributed by atoms with Gasteiger partial charge in [0.1, 0.15) is 40.5 Å². The van der Waals surface area contributed by atoms with Gasteiger partial charge in [-0.05, 0) is 12.1 Å². The van der Waals surface area contributed by atoms with Crippen LogP contribution in [-0.2, 0) is 18.9 Å². The first-order valence-electron chi connectivity index (χ1n) is 11.8. The lowest BCUT2D eigenvalue weighted by atomic mass is 9.96. The molecule has 0 amide bonds. The molecule has 2 aromatic heterocycles. The summed E-state index contributed by atoms with van der Waals surface area (Å²) in [7, 11) is 1.57. The standard InChI is InChI=1S/C25H21Cl2FN4O5S2/c1-34-22-20(32-9-16(30-31-32)23-29-18(33)11-38-23)21-17(10-35-24(37-21)12-5-3-2-4-6-12)36-25(22)39-13-7-14(26)19(28)15(27)8-13/h2-9,11,17,20-22,24-25,33H,10H2,1H3. The highest BCUT2D eigenvalue weighted by Crippen LogP contribution is 2.45. The number of hydrogen-bond donors (Lipinski definition) is 1. The Balaban J connectivity index is 1.36. The molecule has 39 heavy (non-hydrogen) atoms. The lowest BCUT2D eigenvalue weighted by Crippen LogP contribution is -2.59. The number of ether oxygens (including phenoxy) is 4. The molecule has 2 aromatic carbocycles. The maximum Gasteiger partial charge on any atom is 0.222 e. The van der Waals surface area contributed by atoms with Gasteiger partial charge in [-0.3, -0.25) is 0 Å². The van der Waals surface area contributed by atoms with E-state index in [0.717, 1.165) is 5.56 Å². The third-order valence-electron chi connectivity index (χ3n) is 6.39. The van der Waals surface area contributed by atoms with Crippen molar-refractivity contribution in [2.75, 3.05) is 13.7 Å². The van der Waals surface area contributed by atoms with Gasteiger partial charge in [-0.2, -0.15) is 0 Å². The number of nitrogens with zero attached hydrogens (tertiary/aromatic N) is 4. The Hall–Kier alpha value is -2.29. The van der Waals surface area contributed by atoms with Gasteiger partial charge in [0.2, 0.25) is 5.88 Å². The summed E-state index contributed by atoms with van der Waals surface area (Å²) in [5.74, 6) is -0.769. The molecule has 204 valence electrons. The fourth-order valence-corrected chi connectivity index (χ4v) is 7.12. The van der Waals surface area contributed by atoms with Crippen LogP contribution in [0.15, 0.2) is 58.9 Å². The molecule has 9 nitrogen and oxygen atoms in total. The number of methoxy groups -OCH3 is 1. The normalized spacial score (nSPS) is 26.9. The Labute approximate surface area is 240 Å². The van der Waals surface area contributed by atoms with Crippen molar-refractivity contribution in [1.29, 1.82) is 0 Å². The van der Waals surface area contributed by atoms with Crippen molar-refractivity contribution >= 4 is 46.3 Å². The number of fused-ring (bicyclic) bond motifs is 1. The monoisotopic (exact) mass is 610 g/mol. The van der Waals surface area contributed by atoms with E-state index < -0.39 is 41.9 Å². The van der Waals surface area contributed by atoms with Crippen LogP contribution in [-0.4, -0.2) is 62.5 Å². The van der Waals surface area contributed by atoms with Crippen molar-refractivity contribution in [1.82, 2.24) is 20.0 Å². The van der Waals surface area contributed by atoms with Crippen molar-refractivity contribution in [3.8, 4) is 16.6 Å². The zero-order chi connectivity index (χ0) is 27.1. The molecule has 4 aromatic rings. The number of benzene rings is 2. The number of hydrogen-bond acceptors (Lipinski definition) is 10. The van der Waals surface area contributed by atoms with Crippen molar-refractivity contribution in [3.05, 3.63) is 75.5 Å². The quantitative estimate of drug-likeness (QED) is 0.274. The van der Waals surface area contributed by atoms with Crippen molar-refractivity contribution in [2.24, 2.45) is 0 Å². The van der Waals surface area contributed by atoms with Gasteiger partial charge in [-0.25, -0.2) is 14.1 Å². The minimum Gasteiger partial charge on any atom is -0.493 e. The minimum atomic E-state index is -0.683. The highest BCUT2D eigenvalue weighted by atomic mass is 35.5. The molecule has 0 spiro atoms. The number of thioether (sulfide) groups is 1. The van der Waals surface area contributed by atoms with E-state index in [-0.39, 0.29) is 22.5 Å². The van der Waals surface area contributed by atoms with Crippen LogP contribution < -0.4 is 0 Å². The number of halogens is 3. The molecule has 14 heteroatoms. The van der Waals surface area contributed by atoms with Crippen LogP contribution in [0.1, 0.15) is 17.9 Å². The molecule has 4 heterocycles. The Kier molecular flexibility index (Phi) is 7.79. The average Bonchev–Trinajstić information content (AvgIpc) is 3.60. The van der Waals surface area contributed by atoms with Crippen LogP contribution in [0.3, 0.4) is 0 Å². The van der Waals surface area contributed by atoms with E-state index in [2.05, 4.69) is 15.3 Å². The highest BCUT2D eigenvalue weighted by molar-refractivity contribution is 7.99. The molecule has 0 saturated carbocycles. The zero-order valence-corrected chi connectivity index (χ0v) is 23.3. The zero-order valence-electron chi connectivity index (χ0n) is 20.2. The summed E-state index contributed by atoms with van der Waals surface area (Å²) in [5.41, 5.74) is 0.773. The molecule has 0 aliphatic carbocycles. The van der Waals surface area contributed by atoms with Gasteiger partial charge in [0.05, 0.1) is 28.2 Å². The average molecular weight is 612 g/mol. The first kappa shape index (κ1) is 26.9. The predicted octanol–water partition coefficient (Wildman–Crippen LogP) is 5.74. The largest absolute Gasteiger partial charge is 0.493 e. The summed E-state index contributed by atoms with van der Waals surface area (Å²) in [4.78, 5) is 4.70. The maximum atomic E-state index is 14.1. The Morgan fingerprint density at radius 1 is 1.18 bits per heavy atom. The summed E-state index contributed by atoms with van der Waals surface area (Å²) in [5, 5.41) is 20.2. The first-order valence-corrected chi connectivity index (χ1v) is 14.3. The molecule has 2 fully saturated rings. The van der Waals surface area contributed by atoms with Gasteiger partial charge >= 0.3 is 0 Å². The van der Waals surface area contributed by atoms with Crippen molar-refractivity contribution in [2.45, 2.75) is 41.0 Å². The molecule has 6 atom stereocenters. The van der Waals surface area contributed by atoms with Crippen LogP contribution in [0.2, 0.25) is 10.0 Å². The molecular weight excluding hydrogens is 590 g/mol. The second-order valence-electron chi connectivity index (χ2n) is 8.82. The Morgan fingerprint density at radius 2 is 1.95 bits per heavy atom. The summed E-state index contributed by atoms with van der Waals surface area (Å²) in [6, 6.07) is 12.1. The SMILES string of the molecule is COC1C(Sc2cc(Cl)c(F)c(Cl)c2)OC2COC(c3ccccc3)OC2C1n1cc(-c2nc(O)cs2)nn1. The molecule has 1 N–H and O–H groups in total. The van der Waals surface area contributed by atoms with E-state index in [0.29, 0.717) is 15.6 Å². The van der Waals surface area contributed by atoms with Gasteiger partial charge in [0.15, 0.2) is 12.1 Å². The lowest BCUT2D eigenvalue weighted by molar-refractivity contribution is -0.308. The second-order valence-corrected chi connectivity index (χ2v) is 11.7. The molecule has 6 unspecified atom stereocenters. The van der Waals surface area contributed by atoms with Gasteiger partial charge in [-0.1, -0.05) is 70.5 Å². The van der Waals surface area contributed by atoms with E-state index in [1.54, 1.807) is 18.0 Å². The van der Waals surface area contributed by atoms with Crippen LogP contribution in [0.5, 0.6) is 5.88 Å². The van der Waals surface area contributed by atoms with Gasteiger partial charge in [-0.15, -0.1) is 16.4 Å². The first-order chi connectivity index (χ1) is 18.9. The second kappa shape index (κ2) is 11.3. The molecule has 2 saturated heterocycles. The number of aromatic hydroxyl groups is 1. The van der Waals surface area contributed by atoms with Crippen molar-refractivity contribution < 1.29 is 28.4 Å². The topological polar surface area (TPSA) is 101 Å². The molecule has 2 aliphatic heterocycles. The molecule has 0 bridgehead atoms. The van der Waals surface area contributed by atoms with Gasteiger partial charge in [0, 0.05) is 17.6 Å². The maximum absolute atomic E-state index is 14.1. The highest BCUT2D eigenvalue weighted by Gasteiger charge is 2.52. The third kappa shape index (κ3) is 5.40. The Bertz CT molecular complexity index is 1440. The van der Waals surface area contributed by atoms with Crippen LogP contribution in [0.4, 0.5) is 4.39 Å².